The SMILES string of the molecule is COCc1nc2c(c(=O)n(C)c(=O)n2CC(C)C)n1CCN. The third-order valence-electron chi connectivity index (χ3n) is 3.48. The van der Waals surface area contributed by atoms with Crippen molar-refractivity contribution >= 4 is 11.2 Å². The summed E-state index contributed by atoms with van der Waals surface area (Å²) < 4.78 is 9.56. The van der Waals surface area contributed by atoms with Gasteiger partial charge in [0.15, 0.2) is 11.2 Å². The second kappa shape index (κ2) is 6.45. The first-order chi connectivity index (χ1) is 10.4. The van der Waals surface area contributed by atoms with Gasteiger partial charge in [-0.2, -0.15) is 0 Å². The number of rotatable bonds is 6. The van der Waals surface area contributed by atoms with Crippen molar-refractivity contribution in [2.24, 2.45) is 18.7 Å². The fraction of sp³-hybridized carbons (Fsp3) is 0.643. The maximum Gasteiger partial charge on any atom is 0.332 e. The van der Waals surface area contributed by atoms with Gasteiger partial charge in [-0.3, -0.25) is 13.9 Å². The molecule has 0 aromatic carbocycles. The molecular formula is C14H23N5O3. The Morgan fingerprint density at radius 1 is 1.27 bits per heavy atom. The van der Waals surface area contributed by atoms with Gasteiger partial charge in [-0.25, -0.2) is 9.78 Å². The van der Waals surface area contributed by atoms with Gasteiger partial charge in [-0.15, -0.1) is 0 Å². The smallest absolute Gasteiger partial charge is 0.332 e. The number of hydrogen-bond donors (Lipinski definition) is 1. The number of hydrogen-bond acceptors (Lipinski definition) is 5. The van der Waals surface area contributed by atoms with E-state index in [1.165, 1.54) is 7.05 Å². The molecule has 22 heavy (non-hydrogen) atoms. The molecule has 2 N–H and O–H groups in total. The summed E-state index contributed by atoms with van der Waals surface area (Å²) in [4.78, 5) is 29.4. The highest BCUT2D eigenvalue weighted by molar-refractivity contribution is 5.71. The predicted octanol–water partition coefficient (Wildman–Crippen LogP) is -0.342. The van der Waals surface area contributed by atoms with Gasteiger partial charge in [0.2, 0.25) is 0 Å². The fourth-order valence-corrected chi connectivity index (χ4v) is 2.54. The van der Waals surface area contributed by atoms with Gasteiger partial charge in [-0.1, -0.05) is 13.8 Å². The second-order valence-corrected chi connectivity index (χ2v) is 5.72. The molecule has 2 rings (SSSR count). The number of methoxy groups -OCH3 is 1. The van der Waals surface area contributed by atoms with E-state index in [1.807, 2.05) is 13.8 Å². The molecule has 0 fully saturated rings. The largest absolute Gasteiger partial charge is 0.377 e. The summed E-state index contributed by atoms with van der Waals surface area (Å²) in [5, 5.41) is 0. The van der Waals surface area contributed by atoms with Gasteiger partial charge in [0.1, 0.15) is 12.4 Å². The number of ether oxygens (including phenoxy) is 1. The number of aromatic nitrogens is 4. The Morgan fingerprint density at radius 2 is 1.95 bits per heavy atom. The molecule has 0 spiro atoms. The van der Waals surface area contributed by atoms with Crippen molar-refractivity contribution in [1.82, 2.24) is 18.7 Å². The van der Waals surface area contributed by atoms with Gasteiger partial charge in [0.05, 0.1) is 0 Å². The molecule has 122 valence electrons. The van der Waals surface area contributed by atoms with Crippen LogP contribution in [-0.2, 0) is 31.5 Å². The van der Waals surface area contributed by atoms with Crippen LogP contribution < -0.4 is 17.0 Å². The van der Waals surface area contributed by atoms with Crippen LogP contribution >= 0.6 is 0 Å². The van der Waals surface area contributed by atoms with Crippen LogP contribution in [0, 0.1) is 5.92 Å². The highest BCUT2D eigenvalue weighted by atomic mass is 16.5. The molecule has 0 atom stereocenters. The molecule has 2 aromatic heterocycles. The van der Waals surface area contributed by atoms with Gasteiger partial charge in [-0.05, 0) is 5.92 Å². The molecule has 8 heteroatoms. The van der Waals surface area contributed by atoms with Crippen LogP contribution in [0.15, 0.2) is 9.59 Å². The first-order valence-corrected chi connectivity index (χ1v) is 7.30. The number of fused-ring (bicyclic) bond motifs is 1. The maximum atomic E-state index is 12.5. The molecule has 0 aliphatic rings. The Morgan fingerprint density at radius 3 is 2.50 bits per heavy atom. The average molecular weight is 309 g/mol. The van der Waals surface area contributed by atoms with E-state index in [1.54, 1.807) is 16.2 Å². The molecule has 2 heterocycles. The average Bonchev–Trinajstić information content (AvgIpc) is 2.81. The van der Waals surface area contributed by atoms with Crippen LogP contribution in [0.2, 0.25) is 0 Å². The van der Waals surface area contributed by atoms with E-state index in [-0.39, 0.29) is 23.8 Å². The molecule has 0 radical (unpaired) electrons. The molecule has 0 saturated heterocycles. The van der Waals surface area contributed by atoms with Crippen molar-refractivity contribution in [3.05, 3.63) is 26.7 Å². The number of imidazole rings is 1. The third-order valence-corrected chi connectivity index (χ3v) is 3.48. The summed E-state index contributed by atoms with van der Waals surface area (Å²) in [5.74, 6) is 0.854. The number of nitrogens with zero attached hydrogens (tertiary/aromatic N) is 4. The van der Waals surface area contributed by atoms with Gasteiger partial charge in [0.25, 0.3) is 5.56 Å². The van der Waals surface area contributed by atoms with E-state index < -0.39 is 0 Å². The van der Waals surface area contributed by atoms with Crippen molar-refractivity contribution in [2.45, 2.75) is 33.5 Å². The van der Waals surface area contributed by atoms with Crippen LogP contribution in [-0.4, -0.2) is 32.3 Å². The number of nitrogens with two attached hydrogens (primary N) is 1. The maximum absolute atomic E-state index is 12.5. The Kier molecular flexibility index (Phi) is 4.82. The van der Waals surface area contributed by atoms with Gasteiger partial charge in [0, 0.05) is 33.8 Å². The Balaban J connectivity index is 2.88. The lowest BCUT2D eigenvalue weighted by Crippen LogP contribution is -2.39. The third kappa shape index (κ3) is 2.71. The van der Waals surface area contributed by atoms with E-state index in [0.29, 0.717) is 36.6 Å². The van der Waals surface area contributed by atoms with E-state index in [9.17, 15) is 9.59 Å². The summed E-state index contributed by atoms with van der Waals surface area (Å²) in [6.45, 7) is 5.59. The lowest BCUT2D eigenvalue weighted by molar-refractivity contribution is 0.174. The molecule has 0 aliphatic carbocycles. The summed E-state index contributed by atoms with van der Waals surface area (Å²) in [7, 11) is 3.04. The van der Waals surface area contributed by atoms with Crippen LogP contribution in [0.1, 0.15) is 19.7 Å². The van der Waals surface area contributed by atoms with Crippen LogP contribution in [0.25, 0.3) is 11.2 Å². The molecule has 0 bridgehead atoms. The van der Waals surface area contributed by atoms with Crippen molar-refractivity contribution in [3.8, 4) is 0 Å². The summed E-state index contributed by atoms with van der Waals surface area (Å²) in [5.41, 5.74) is 5.74. The van der Waals surface area contributed by atoms with E-state index in [0.717, 1.165) is 4.57 Å². The predicted molar refractivity (Wildman–Crippen MR) is 83.8 cm³/mol. The molecule has 0 unspecified atom stereocenters. The Labute approximate surface area is 128 Å². The quantitative estimate of drug-likeness (QED) is 0.787. The normalized spacial score (nSPS) is 11.7. The standard InChI is InChI=1S/C14H23N5O3/c1-9(2)7-19-12-11(13(20)17(3)14(19)21)18(6-5-15)10(16-12)8-22-4/h9H,5-8,15H2,1-4H3. The zero-order valence-electron chi connectivity index (χ0n) is 13.5. The molecule has 2 aromatic rings. The topological polar surface area (TPSA) is 97.1 Å². The van der Waals surface area contributed by atoms with Crippen LogP contribution in [0.3, 0.4) is 0 Å². The van der Waals surface area contributed by atoms with E-state index in [2.05, 4.69) is 4.98 Å². The van der Waals surface area contributed by atoms with Crippen LogP contribution in [0.5, 0.6) is 0 Å². The van der Waals surface area contributed by atoms with Crippen LogP contribution in [0.4, 0.5) is 0 Å². The molecule has 8 nitrogen and oxygen atoms in total. The molecule has 0 aliphatic heterocycles. The zero-order valence-corrected chi connectivity index (χ0v) is 13.5. The summed E-state index contributed by atoms with van der Waals surface area (Å²) >= 11 is 0. The van der Waals surface area contributed by atoms with Gasteiger partial charge >= 0.3 is 5.69 Å². The summed E-state index contributed by atoms with van der Waals surface area (Å²) in [6.07, 6.45) is 0. The lowest BCUT2D eigenvalue weighted by Gasteiger charge is -2.11. The fourth-order valence-electron chi connectivity index (χ4n) is 2.54. The Hall–Kier alpha value is -1.93. The second-order valence-electron chi connectivity index (χ2n) is 5.72. The monoisotopic (exact) mass is 309 g/mol. The summed E-state index contributed by atoms with van der Waals surface area (Å²) in [6, 6.07) is 0. The van der Waals surface area contributed by atoms with Crippen molar-refractivity contribution in [1.29, 1.82) is 0 Å². The van der Waals surface area contributed by atoms with Gasteiger partial charge < -0.3 is 15.0 Å². The minimum atomic E-state index is -0.358. The Bertz CT molecular complexity index is 784. The van der Waals surface area contributed by atoms with Crippen molar-refractivity contribution < 1.29 is 4.74 Å². The molecule has 0 saturated carbocycles. The van der Waals surface area contributed by atoms with E-state index >= 15 is 0 Å². The minimum Gasteiger partial charge on any atom is -0.377 e. The van der Waals surface area contributed by atoms with Crippen molar-refractivity contribution in [3.63, 3.8) is 0 Å². The first-order valence-electron chi connectivity index (χ1n) is 7.30. The highest BCUT2D eigenvalue weighted by Crippen LogP contribution is 2.13. The minimum absolute atomic E-state index is 0.254. The zero-order chi connectivity index (χ0) is 16.4. The van der Waals surface area contributed by atoms with E-state index in [4.69, 9.17) is 10.5 Å². The highest BCUT2D eigenvalue weighted by Gasteiger charge is 2.20. The van der Waals surface area contributed by atoms with Crippen molar-refractivity contribution in [2.75, 3.05) is 13.7 Å². The molecular weight excluding hydrogens is 286 g/mol. The lowest BCUT2D eigenvalue weighted by atomic mass is 10.2. The first kappa shape index (κ1) is 16.4. The molecule has 0 amide bonds.